The average Bonchev–Trinajstić information content (AvgIpc) is 2.53. The summed E-state index contributed by atoms with van der Waals surface area (Å²) in [4.78, 5) is 21.8. The fourth-order valence-corrected chi connectivity index (χ4v) is 1.92. The SMILES string of the molecule is COc1ccc(/C=C/c2ccc(C(=O)[O-])c(C(=O)[O-])c2)cc1. The summed E-state index contributed by atoms with van der Waals surface area (Å²) in [7, 11) is 1.57. The Morgan fingerprint density at radius 3 is 1.95 bits per heavy atom. The molecule has 0 saturated carbocycles. The lowest BCUT2D eigenvalue weighted by atomic mass is 10.0. The molecule has 22 heavy (non-hydrogen) atoms. The molecule has 0 unspecified atom stereocenters. The Hall–Kier alpha value is -3.08. The van der Waals surface area contributed by atoms with Crippen LogP contribution in [-0.4, -0.2) is 19.0 Å². The van der Waals surface area contributed by atoms with Gasteiger partial charge in [0.25, 0.3) is 0 Å². The molecular weight excluding hydrogens is 284 g/mol. The summed E-state index contributed by atoms with van der Waals surface area (Å²) in [6.07, 6.45) is 3.44. The molecule has 5 heteroatoms. The van der Waals surface area contributed by atoms with Gasteiger partial charge < -0.3 is 24.5 Å². The van der Waals surface area contributed by atoms with Gasteiger partial charge in [-0.05, 0) is 29.3 Å². The van der Waals surface area contributed by atoms with Crippen molar-refractivity contribution < 1.29 is 24.5 Å². The zero-order valence-electron chi connectivity index (χ0n) is 11.7. The zero-order chi connectivity index (χ0) is 16.1. The lowest BCUT2D eigenvalue weighted by Gasteiger charge is -2.12. The molecule has 0 aliphatic carbocycles. The number of ether oxygens (including phenoxy) is 1. The molecule has 0 aromatic heterocycles. The van der Waals surface area contributed by atoms with Crippen LogP contribution in [0.15, 0.2) is 42.5 Å². The van der Waals surface area contributed by atoms with Crippen LogP contribution in [-0.2, 0) is 0 Å². The van der Waals surface area contributed by atoms with E-state index in [-0.39, 0.29) is 0 Å². The Bertz CT molecular complexity index is 729. The smallest absolute Gasteiger partial charge is 0.118 e. The summed E-state index contributed by atoms with van der Waals surface area (Å²) < 4.78 is 5.05. The van der Waals surface area contributed by atoms with Crippen molar-refractivity contribution in [2.75, 3.05) is 7.11 Å². The fourth-order valence-electron chi connectivity index (χ4n) is 1.92. The fraction of sp³-hybridized carbons (Fsp3) is 0.0588. The maximum absolute atomic E-state index is 11.0. The largest absolute Gasteiger partial charge is 0.545 e. The van der Waals surface area contributed by atoms with Crippen LogP contribution >= 0.6 is 0 Å². The van der Waals surface area contributed by atoms with Crippen molar-refractivity contribution in [3.8, 4) is 5.75 Å². The molecule has 0 N–H and O–H groups in total. The quantitative estimate of drug-likeness (QED) is 0.753. The van der Waals surface area contributed by atoms with Gasteiger partial charge in [0, 0.05) is 11.1 Å². The van der Waals surface area contributed by atoms with E-state index in [4.69, 9.17) is 4.74 Å². The third-order valence-electron chi connectivity index (χ3n) is 3.07. The van der Waals surface area contributed by atoms with Gasteiger partial charge in [-0.15, -0.1) is 0 Å². The van der Waals surface area contributed by atoms with Crippen molar-refractivity contribution >= 4 is 24.1 Å². The van der Waals surface area contributed by atoms with Crippen molar-refractivity contribution in [1.29, 1.82) is 0 Å². The third kappa shape index (κ3) is 3.52. The minimum Gasteiger partial charge on any atom is -0.545 e. The van der Waals surface area contributed by atoms with Gasteiger partial charge >= 0.3 is 0 Å². The highest BCUT2D eigenvalue weighted by molar-refractivity contribution is 6.00. The van der Waals surface area contributed by atoms with Crippen LogP contribution < -0.4 is 14.9 Å². The molecule has 0 spiro atoms. The maximum Gasteiger partial charge on any atom is 0.118 e. The number of carbonyl (C=O) groups is 2. The highest BCUT2D eigenvalue weighted by atomic mass is 16.5. The molecule has 2 rings (SSSR count). The predicted molar refractivity (Wildman–Crippen MR) is 77.0 cm³/mol. The van der Waals surface area contributed by atoms with Crippen molar-refractivity contribution in [2.45, 2.75) is 0 Å². The van der Waals surface area contributed by atoms with E-state index < -0.39 is 23.1 Å². The molecule has 0 bridgehead atoms. The van der Waals surface area contributed by atoms with Crippen molar-refractivity contribution in [3.63, 3.8) is 0 Å². The molecule has 5 nitrogen and oxygen atoms in total. The molecule has 0 saturated heterocycles. The molecule has 0 fully saturated rings. The average molecular weight is 296 g/mol. The lowest BCUT2D eigenvalue weighted by Crippen LogP contribution is -2.30. The number of hydrogen-bond acceptors (Lipinski definition) is 5. The number of carboxylic acid groups (broad SMARTS) is 2. The Balaban J connectivity index is 2.28. The van der Waals surface area contributed by atoms with Crippen molar-refractivity contribution in [1.82, 2.24) is 0 Å². The second kappa shape index (κ2) is 6.58. The number of carboxylic acids is 2. The van der Waals surface area contributed by atoms with E-state index in [1.807, 2.05) is 12.1 Å². The topological polar surface area (TPSA) is 89.5 Å². The molecule has 2 aromatic rings. The van der Waals surface area contributed by atoms with Gasteiger partial charge in [-0.25, -0.2) is 0 Å². The molecule has 2 aromatic carbocycles. The monoisotopic (exact) mass is 296 g/mol. The van der Waals surface area contributed by atoms with E-state index >= 15 is 0 Å². The van der Waals surface area contributed by atoms with Crippen molar-refractivity contribution in [3.05, 3.63) is 64.7 Å². The van der Waals surface area contributed by atoms with E-state index in [1.54, 1.807) is 31.4 Å². The van der Waals surface area contributed by atoms with Crippen LogP contribution in [0.1, 0.15) is 31.8 Å². The number of aromatic carboxylic acids is 2. The zero-order valence-corrected chi connectivity index (χ0v) is 11.7. The lowest BCUT2D eigenvalue weighted by molar-refractivity contribution is -0.259. The number of methoxy groups -OCH3 is 1. The summed E-state index contributed by atoms with van der Waals surface area (Å²) in [5.41, 5.74) is 0.623. The van der Waals surface area contributed by atoms with E-state index in [2.05, 4.69) is 0 Å². The summed E-state index contributed by atoms with van der Waals surface area (Å²) in [6, 6.07) is 11.2. The molecule has 0 aliphatic rings. The van der Waals surface area contributed by atoms with Crippen LogP contribution in [0.25, 0.3) is 12.2 Å². The first-order valence-corrected chi connectivity index (χ1v) is 6.40. The third-order valence-corrected chi connectivity index (χ3v) is 3.07. The summed E-state index contributed by atoms with van der Waals surface area (Å²) in [5.74, 6) is -2.38. The standard InChI is InChI=1S/C17H14O5/c1-22-13-7-4-11(5-8-13)2-3-12-6-9-14(16(18)19)15(10-12)17(20)21/h2-10H,1H3,(H,18,19)(H,20,21)/p-2/b3-2+. The Labute approximate surface area is 127 Å². The molecule has 0 heterocycles. The van der Waals surface area contributed by atoms with Crippen LogP contribution in [0.2, 0.25) is 0 Å². The number of benzene rings is 2. The molecule has 112 valence electrons. The van der Waals surface area contributed by atoms with Gasteiger partial charge in [-0.1, -0.05) is 36.4 Å². The minimum atomic E-state index is -1.56. The molecule has 0 radical (unpaired) electrons. The van der Waals surface area contributed by atoms with E-state index in [0.29, 0.717) is 5.56 Å². The van der Waals surface area contributed by atoms with Gasteiger partial charge in [0.1, 0.15) is 5.75 Å². The summed E-state index contributed by atoms with van der Waals surface area (Å²) >= 11 is 0. The summed E-state index contributed by atoms with van der Waals surface area (Å²) in [5, 5.41) is 21.8. The number of hydrogen-bond donors (Lipinski definition) is 0. The van der Waals surface area contributed by atoms with Gasteiger partial charge in [0.2, 0.25) is 0 Å². The second-order valence-electron chi connectivity index (χ2n) is 4.49. The molecule has 0 atom stereocenters. The highest BCUT2D eigenvalue weighted by Crippen LogP contribution is 2.16. The van der Waals surface area contributed by atoms with Crippen LogP contribution in [0.4, 0.5) is 0 Å². The van der Waals surface area contributed by atoms with Crippen LogP contribution in [0.5, 0.6) is 5.75 Å². The Morgan fingerprint density at radius 1 is 0.864 bits per heavy atom. The van der Waals surface area contributed by atoms with E-state index in [0.717, 1.165) is 11.3 Å². The van der Waals surface area contributed by atoms with E-state index in [1.165, 1.54) is 18.2 Å². The molecular formula is C17H12O5-2. The van der Waals surface area contributed by atoms with Gasteiger partial charge in [0.15, 0.2) is 0 Å². The second-order valence-corrected chi connectivity index (χ2v) is 4.49. The maximum atomic E-state index is 11.0. The van der Waals surface area contributed by atoms with Gasteiger partial charge in [-0.2, -0.15) is 0 Å². The first kappa shape index (κ1) is 15.3. The number of rotatable bonds is 5. The highest BCUT2D eigenvalue weighted by Gasteiger charge is 2.05. The summed E-state index contributed by atoms with van der Waals surface area (Å²) in [6.45, 7) is 0. The number of carbonyl (C=O) groups excluding carboxylic acids is 2. The molecule has 0 aliphatic heterocycles. The van der Waals surface area contributed by atoms with Crippen LogP contribution in [0, 0.1) is 0 Å². The minimum absolute atomic E-state index is 0.401. The first-order chi connectivity index (χ1) is 10.5. The normalized spacial score (nSPS) is 10.6. The Morgan fingerprint density at radius 2 is 1.41 bits per heavy atom. The Kier molecular flexibility index (Phi) is 4.58. The first-order valence-electron chi connectivity index (χ1n) is 6.40. The van der Waals surface area contributed by atoms with Crippen molar-refractivity contribution in [2.24, 2.45) is 0 Å². The van der Waals surface area contributed by atoms with Gasteiger partial charge in [0.05, 0.1) is 19.0 Å². The van der Waals surface area contributed by atoms with Crippen LogP contribution in [0.3, 0.4) is 0 Å². The van der Waals surface area contributed by atoms with E-state index in [9.17, 15) is 19.8 Å². The predicted octanol–water partition coefficient (Wildman–Crippen LogP) is 0.593. The van der Waals surface area contributed by atoms with Gasteiger partial charge in [-0.3, -0.25) is 0 Å². The molecule has 0 amide bonds.